The van der Waals surface area contributed by atoms with Crippen LogP contribution < -0.4 is 0 Å². The predicted octanol–water partition coefficient (Wildman–Crippen LogP) is 1.29. The summed E-state index contributed by atoms with van der Waals surface area (Å²) in [4.78, 5) is 13.9. The first-order valence-electron chi connectivity index (χ1n) is 4.62. The van der Waals surface area contributed by atoms with E-state index in [0.717, 1.165) is 6.54 Å². The van der Waals surface area contributed by atoms with Crippen LogP contribution in [0.3, 0.4) is 0 Å². The van der Waals surface area contributed by atoms with Gasteiger partial charge >= 0.3 is 0 Å². The third kappa shape index (κ3) is 1.44. The number of hydrogen-bond donors (Lipinski definition) is 0. The lowest BCUT2D eigenvalue weighted by molar-refractivity contribution is -0.126. The molecule has 0 saturated carbocycles. The number of carbonyl (C=O) groups excluding carboxylic acids is 1. The fourth-order valence-electron chi connectivity index (χ4n) is 2.43. The second kappa shape index (κ2) is 3.46. The highest BCUT2D eigenvalue weighted by Crippen LogP contribution is 2.32. The Hall–Kier alpha value is 0.110. The van der Waals surface area contributed by atoms with Gasteiger partial charge in [0.05, 0.1) is 5.33 Å². The van der Waals surface area contributed by atoms with Crippen LogP contribution in [0.2, 0.25) is 0 Å². The molecule has 0 aliphatic carbocycles. The van der Waals surface area contributed by atoms with Crippen LogP contribution in [0.25, 0.3) is 0 Å². The van der Waals surface area contributed by atoms with Gasteiger partial charge in [0.25, 0.3) is 0 Å². The van der Waals surface area contributed by atoms with E-state index in [4.69, 9.17) is 0 Å². The maximum atomic E-state index is 11.5. The van der Waals surface area contributed by atoms with Crippen LogP contribution in [0.15, 0.2) is 0 Å². The zero-order chi connectivity index (χ0) is 8.55. The number of alkyl halides is 1. The molecule has 1 atom stereocenters. The van der Waals surface area contributed by atoms with Gasteiger partial charge < -0.3 is 4.90 Å². The lowest BCUT2D eigenvalue weighted by Gasteiger charge is -2.43. The van der Waals surface area contributed by atoms with Gasteiger partial charge in [0.15, 0.2) is 0 Å². The second-order valence-corrected chi connectivity index (χ2v) is 4.41. The van der Waals surface area contributed by atoms with Gasteiger partial charge in [-0.15, -0.1) is 0 Å². The Morgan fingerprint density at radius 2 is 2.08 bits per heavy atom. The van der Waals surface area contributed by atoms with E-state index in [1.54, 1.807) is 0 Å². The summed E-state index contributed by atoms with van der Waals surface area (Å²) in [5, 5.41) is 0.544. The Morgan fingerprint density at radius 1 is 1.42 bits per heavy atom. The summed E-state index contributed by atoms with van der Waals surface area (Å²) in [5.74, 6) is 1.44. The van der Waals surface area contributed by atoms with Crippen molar-refractivity contribution in [1.82, 2.24) is 4.90 Å². The molecule has 3 saturated heterocycles. The van der Waals surface area contributed by atoms with Gasteiger partial charge in [-0.3, -0.25) is 4.79 Å². The molecule has 0 radical (unpaired) electrons. The van der Waals surface area contributed by atoms with E-state index in [-0.39, 0.29) is 0 Å². The van der Waals surface area contributed by atoms with Crippen molar-refractivity contribution in [3.05, 3.63) is 0 Å². The normalized spacial score (nSPS) is 39.9. The third-order valence-electron chi connectivity index (χ3n) is 3.20. The Kier molecular flexibility index (Phi) is 2.51. The fraction of sp³-hybridized carbons (Fsp3) is 0.889. The molecule has 0 amide bonds. The van der Waals surface area contributed by atoms with Crippen molar-refractivity contribution < 1.29 is 4.79 Å². The average Bonchev–Trinajstić information content (AvgIpc) is 2.18. The first kappa shape index (κ1) is 8.70. The molecule has 68 valence electrons. The van der Waals surface area contributed by atoms with Gasteiger partial charge in [0.1, 0.15) is 5.78 Å². The van der Waals surface area contributed by atoms with Crippen molar-refractivity contribution in [1.29, 1.82) is 0 Å². The zero-order valence-corrected chi connectivity index (χ0v) is 8.72. The molecule has 0 aromatic heterocycles. The molecular weight excluding hydrogens is 218 g/mol. The van der Waals surface area contributed by atoms with Crippen molar-refractivity contribution in [2.45, 2.75) is 12.8 Å². The minimum absolute atomic E-state index is 0.340. The largest absolute Gasteiger partial charge is 0.303 e. The van der Waals surface area contributed by atoms with Crippen molar-refractivity contribution in [3.8, 4) is 0 Å². The number of piperidine rings is 3. The number of rotatable bonds is 2. The molecule has 3 aliphatic heterocycles. The molecule has 0 aromatic carbocycles. The molecule has 3 fully saturated rings. The molecular formula is C9H14BrNO. The van der Waals surface area contributed by atoms with Crippen LogP contribution in [0, 0.1) is 11.8 Å². The monoisotopic (exact) mass is 231 g/mol. The number of fused-ring (bicyclic) bond motifs is 3. The van der Waals surface area contributed by atoms with E-state index in [1.165, 1.54) is 25.9 Å². The Bertz CT molecular complexity index is 187. The van der Waals surface area contributed by atoms with Crippen LogP contribution in [0.4, 0.5) is 0 Å². The van der Waals surface area contributed by atoms with Gasteiger partial charge in [-0.25, -0.2) is 0 Å². The first-order chi connectivity index (χ1) is 5.81. The van der Waals surface area contributed by atoms with E-state index >= 15 is 0 Å². The maximum Gasteiger partial charge on any atom is 0.148 e. The quantitative estimate of drug-likeness (QED) is 0.668. The van der Waals surface area contributed by atoms with Gasteiger partial charge in [-0.2, -0.15) is 0 Å². The van der Waals surface area contributed by atoms with E-state index in [2.05, 4.69) is 20.8 Å². The molecule has 0 spiro atoms. The highest BCUT2D eigenvalue weighted by Gasteiger charge is 2.37. The van der Waals surface area contributed by atoms with E-state index in [1.807, 2.05) is 0 Å². The second-order valence-electron chi connectivity index (χ2n) is 3.84. The number of carbonyl (C=O) groups is 1. The molecule has 12 heavy (non-hydrogen) atoms. The molecule has 0 aromatic rings. The predicted molar refractivity (Wildman–Crippen MR) is 51.5 cm³/mol. The smallest absolute Gasteiger partial charge is 0.148 e. The van der Waals surface area contributed by atoms with Crippen LogP contribution in [0.1, 0.15) is 12.8 Å². The Labute approximate surface area is 81.4 Å². The van der Waals surface area contributed by atoms with E-state index in [0.29, 0.717) is 22.9 Å². The minimum atomic E-state index is 0.340. The average molecular weight is 232 g/mol. The maximum absolute atomic E-state index is 11.5. The van der Waals surface area contributed by atoms with Gasteiger partial charge in [0.2, 0.25) is 0 Å². The van der Waals surface area contributed by atoms with Crippen molar-refractivity contribution >= 4 is 21.7 Å². The highest BCUT2D eigenvalue weighted by molar-refractivity contribution is 9.09. The molecule has 2 nitrogen and oxygen atoms in total. The van der Waals surface area contributed by atoms with E-state index < -0.39 is 0 Å². The number of halogens is 1. The summed E-state index contributed by atoms with van der Waals surface area (Å²) in [6.07, 6.45) is 2.48. The fourth-order valence-corrected chi connectivity index (χ4v) is 2.84. The number of Topliss-reactive ketones (excluding diaryl/α,β-unsaturated/α-hetero) is 1. The molecule has 3 aliphatic rings. The molecule has 3 heteroatoms. The van der Waals surface area contributed by atoms with Crippen molar-refractivity contribution in [2.75, 3.05) is 25.0 Å². The van der Waals surface area contributed by atoms with Gasteiger partial charge in [-0.1, -0.05) is 15.9 Å². The molecule has 2 bridgehead atoms. The van der Waals surface area contributed by atoms with Crippen LogP contribution in [-0.4, -0.2) is 35.6 Å². The minimum Gasteiger partial charge on any atom is -0.303 e. The molecule has 3 rings (SSSR count). The number of hydrogen-bond acceptors (Lipinski definition) is 2. The summed E-state index contributed by atoms with van der Waals surface area (Å²) < 4.78 is 0. The van der Waals surface area contributed by atoms with Crippen LogP contribution in [-0.2, 0) is 4.79 Å². The summed E-state index contributed by atoms with van der Waals surface area (Å²) in [6, 6.07) is 0. The van der Waals surface area contributed by atoms with Crippen LogP contribution in [0.5, 0.6) is 0 Å². The zero-order valence-electron chi connectivity index (χ0n) is 7.13. The summed E-state index contributed by atoms with van der Waals surface area (Å²) in [7, 11) is 0. The SMILES string of the molecule is O=C(CBr)C1CN2CCC1CC2. The highest BCUT2D eigenvalue weighted by atomic mass is 79.9. The lowest BCUT2D eigenvalue weighted by Crippen LogP contribution is -2.50. The number of ketones is 1. The number of nitrogens with zero attached hydrogens (tertiary/aromatic N) is 1. The molecule has 3 heterocycles. The van der Waals surface area contributed by atoms with Crippen molar-refractivity contribution in [3.63, 3.8) is 0 Å². The standard InChI is InChI=1S/C9H14BrNO/c10-5-9(12)8-6-11-3-1-7(8)2-4-11/h7-8H,1-6H2. The molecule has 1 unspecified atom stereocenters. The van der Waals surface area contributed by atoms with Gasteiger partial charge in [-0.05, 0) is 31.8 Å². The summed E-state index contributed by atoms with van der Waals surface area (Å²) in [6.45, 7) is 3.46. The van der Waals surface area contributed by atoms with E-state index in [9.17, 15) is 4.79 Å². The van der Waals surface area contributed by atoms with Gasteiger partial charge in [0, 0.05) is 12.5 Å². The summed E-state index contributed by atoms with van der Waals surface area (Å²) in [5.41, 5.74) is 0. The Morgan fingerprint density at radius 3 is 2.50 bits per heavy atom. The lowest BCUT2D eigenvalue weighted by atomic mass is 9.77. The molecule has 0 N–H and O–H groups in total. The topological polar surface area (TPSA) is 20.3 Å². The van der Waals surface area contributed by atoms with Crippen molar-refractivity contribution in [2.24, 2.45) is 11.8 Å². The Balaban J connectivity index is 2.03. The van der Waals surface area contributed by atoms with Crippen LogP contribution >= 0.6 is 15.9 Å². The first-order valence-corrected chi connectivity index (χ1v) is 5.74. The summed E-state index contributed by atoms with van der Waals surface area (Å²) >= 11 is 3.25. The third-order valence-corrected chi connectivity index (χ3v) is 3.75.